The lowest BCUT2D eigenvalue weighted by Gasteiger charge is -1.93. The van der Waals surface area contributed by atoms with Gasteiger partial charge in [0.15, 0.2) is 0 Å². The zero-order valence-corrected chi connectivity index (χ0v) is 5.33. The molecule has 50 valence electrons. The minimum Gasteiger partial charge on any atom is -0.434 e. The number of hydrogen-bond donors (Lipinski definition) is 0. The van der Waals surface area contributed by atoms with E-state index in [1.165, 1.54) is 0 Å². The maximum Gasteiger partial charge on any atom is 0.329 e. The van der Waals surface area contributed by atoms with Crippen LogP contribution in [-0.2, 0) is 9.53 Å². The summed E-state index contributed by atoms with van der Waals surface area (Å²) in [6, 6.07) is -0.0111. The summed E-state index contributed by atoms with van der Waals surface area (Å²) >= 11 is 0. The highest BCUT2D eigenvalue weighted by molar-refractivity contribution is 5.79. The fraction of sp³-hybridized carbons (Fsp3) is 0.500. The van der Waals surface area contributed by atoms with Gasteiger partial charge in [0.05, 0.1) is 6.26 Å². The Labute approximate surface area is 53.9 Å². The van der Waals surface area contributed by atoms with E-state index in [1.54, 1.807) is 0 Å². The number of esters is 1. The number of carbonyl (C=O) groups excluding carboxylic acids is 1. The third-order valence-electron chi connectivity index (χ3n) is 1.33. The molecular weight excluding hydrogens is 118 g/mol. The Kier molecular flexibility index (Phi) is 1.53. The summed E-state index contributed by atoms with van der Waals surface area (Å²) < 4.78 is 4.52. The first-order valence-corrected chi connectivity index (χ1v) is 2.77. The predicted octanol–water partition coefficient (Wildman–Crippen LogP) is -0.0129. The van der Waals surface area contributed by atoms with E-state index in [2.05, 4.69) is 11.3 Å². The molecule has 2 atom stereocenters. The normalized spacial score (nSPS) is 31.2. The maximum atomic E-state index is 10.7. The average molecular weight is 127 g/mol. The molecular formula is C6H9NO2. The number of hydrogen-bond acceptors (Lipinski definition) is 3. The van der Waals surface area contributed by atoms with Crippen LogP contribution in [-0.4, -0.2) is 30.5 Å². The summed E-state index contributed by atoms with van der Waals surface area (Å²) in [5.41, 5.74) is 0. The Morgan fingerprint density at radius 2 is 2.56 bits per heavy atom. The lowest BCUT2D eigenvalue weighted by Crippen LogP contribution is -2.11. The van der Waals surface area contributed by atoms with E-state index in [1.807, 2.05) is 11.9 Å². The van der Waals surface area contributed by atoms with Crippen molar-refractivity contribution in [2.75, 3.05) is 13.6 Å². The van der Waals surface area contributed by atoms with Crippen LogP contribution in [0.4, 0.5) is 0 Å². The van der Waals surface area contributed by atoms with Crippen LogP contribution < -0.4 is 0 Å². The topological polar surface area (TPSA) is 29.3 Å². The molecule has 1 aliphatic rings. The molecule has 3 heteroatoms. The molecule has 1 saturated heterocycles. The Hall–Kier alpha value is -0.830. The van der Waals surface area contributed by atoms with Crippen LogP contribution in [0.3, 0.4) is 0 Å². The largest absolute Gasteiger partial charge is 0.434 e. The van der Waals surface area contributed by atoms with Gasteiger partial charge in [-0.2, -0.15) is 0 Å². The molecule has 1 heterocycles. The van der Waals surface area contributed by atoms with Crippen molar-refractivity contribution in [3.63, 3.8) is 0 Å². The van der Waals surface area contributed by atoms with Crippen molar-refractivity contribution < 1.29 is 9.53 Å². The lowest BCUT2D eigenvalue weighted by molar-refractivity contribution is -0.138. The summed E-state index contributed by atoms with van der Waals surface area (Å²) in [4.78, 5) is 12.6. The highest BCUT2D eigenvalue weighted by Gasteiger charge is 2.37. The van der Waals surface area contributed by atoms with Crippen LogP contribution in [0.2, 0.25) is 0 Å². The zero-order chi connectivity index (χ0) is 6.85. The Balaban J connectivity index is 2.27. The van der Waals surface area contributed by atoms with Gasteiger partial charge < -0.3 is 4.74 Å². The third-order valence-corrected chi connectivity index (χ3v) is 1.33. The third kappa shape index (κ3) is 1.29. The van der Waals surface area contributed by atoms with E-state index in [0.717, 1.165) is 12.8 Å². The molecule has 1 fully saturated rings. The van der Waals surface area contributed by atoms with Crippen LogP contribution in [0.1, 0.15) is 0 Å². The van der Waals surface area contributed by atoms with E-state index in [0.29, 0.717) is 0 Å². The van der Waals surface area contributed by atoms with E-state index < -0.39 is 0 Å². The van der Waals surface area contributed by atoms with Crippen molar-refractivity contribution in [2.45, 2.75) is 6.04 Å². The molecule has 0 amide bonds. The van der Waals surface area contributed by atoms with Gasteiger partial charge in [-0.3, -0.25) is 4.90 Å². The molecule has 3 nitrogen and oxygen atoms in total. The quantitative estimate of drug-likeness (QED) is 0.297. The molecule has 1 aliphatic heterocycles. The van der Waals surface area contributed by atoms with Crippen LogP contribution >= 0.6 is 0 Å². The minimum absolute atomic E-state index is 0.0111. The summed E-state index contributed by atoms with van der Waals surface area (Å²) in [7, 11) is 1.87. The number of nitrogens with zero attached hydrogens (tertiary/aromatic N) is 1. The summed E-state index contributed by atoms with van der Waals surface area (Å²) in [5.74, 6) is -0.201. The molecule has 2 unspecified atom stereocenters. The number of ether oxygens (including phenoxy) is 1. The van der Waals surface area contributed by atoms with E-state index in [4.69, 9.17) is 0 Å². The van der Waals surface area contributed by atoms with Gasteiger partial charge in [-0.15, -0.1) is 0 Å². The van der Waals surface area contributed by atoms with Gasteiger partial charge in [-0.05, 0) is 7.05 Å². The molecule has 0 spiro atoms. The second-order valence-electron chi connectivity index (χ2n) is 2.06. The van der Waals surface area contributed by atoms with Gasteiger partial charge in [0, 0.05) is 6.54 Å². The van der Waals surface area contributed by atoms with Gasteiger partial charge >= 0.3 is 5.97 Å². The Morgan fingerprint density at radius 3 is 2.89 bits per heavy atom. The molecule has 0 N–H and O–H groups in total. The smallest absolute Gasteiger partial charge is 0.329 e. The number of likely N-dealkylation sites (N-methyl/N-ethyl adjacent to an activating group) is 1. The Morgan fingerprint density at radius 1 is 2.00 bits per heavy atom. The predicted molar refractivity (Wildman–Crippen MR) is 32.7 cm³/mol. The highest BCUT2D eigenvalue weighted by Crippen LogP contribution is 2.14. The monoisotopic (exact) mass is 127 g/mol. The van der Waals surface area contributed by atoms with Crippen molar-refractivity contribution in [1.29, 1.82) is 0 Å². The lowest BCUT2D eigenvalue weighted by atomic mass is 10.5. The fourth-order valence-electron chi connectivity index (χ4n) is 0.641. The van der Waals surface area contributed by atoms with Crippen LogP contribution in [0.15, 0.2) is 12.8 Å². The van der Waals surface area contributed by atoms with Gasteiger partial charge in [0.1, 0.15) is 6.04 Å². The average Bonchev–Trinajstić information content (AvgIpc) is 2.47. The molecule has 0 aromatic carbocycles. The van der Waals surface area contributed by atoms with Crippen molar-refractivity contribution in [2.24, 2.45) is 0 Å². The van der Waals surface area contributed by atoms with Crippen molar-refractivity contribution >= 4 is 5.97 Å². The Bertz CT molecular complexity index is 144. The SMILES string of the molecule is C=COC(=O)C1CN1C. The van der Waals surface area contributed by atoms with Gasteiger partial charge in [-0.1, -0.05) is 6.58 Å². The molecule has 0 aromatic rings. The first kappa shape index (κ1) is 6.29. The second kappa shape index (κ2) is 2.19. The second-order valence-corrected chi connectivity index (χ2v) is 2.06. The summed E-state index contributed by atoms with van der Waals surface area (Å²) in [5, 5.41) is 0. The number of rotatable bonds is 2. The van der Waals surface area contributed by atoms with Gasteiger partial charge in [0.25, 0.3) is 0 Å². The van der Waals surface area contributed by atoms with Crippen LogP contribution in [0, 0.1) is 0 Å². The van der Waals surface area contributed by atoms with Crippen molar-refractivity contribution in [3.05, 3.63) is 12.8 Å². The summed E-state index contributed by atoms with van der Waals surface area (Å²) in [6.07, 6.45) is 1.16. The molecule has 9 heavy (non-hydrogen) atoms. The molecule has 0 saturated carbocycles. The van der Waals surface area contributed by atoms with E-state index >= 15 is 0 Å². The molecule has 1 rings (SSSR count). The minimum atomic E-state index is -0.201. The molecule has 0 aromatic heterocycles. The molecule has 0 radical (unpaired) electrons. The van der Waals surface area contributed by atoms with E-state index in [9.17, 15) is 4.79 Å². The van der Waals surface area contributed by atoms with Gasteiger partial charge in [-0.25, -0.2) is 4.79 Å². The van der Waals surface area contributed by atoms with E-state index in [-0.39, 0.29) is 12.0 Å². The first-order chi connectivity index (χ1) is 4.25. The van der Waals surface area contributed by atoms with Crippen LogP contribution in [0.25, 0.3) is 0 Å². The standard InChI is InChI=1S/C6H9NO2/c1-3-9-6(8)5-4-7(5)2/h3,5H,1,4H2,2H3. The summed E-state index contributed by atoms with van der Waals surface area (Å²) in [6.45, 7) is 4.09. The van der Waals surface area contributed by atoms with Gasteiger partial charge in [0.2, 0.25) is 0 Å². The van der Waals surface area contributed by atoms with Crippen LogP contribution in [0.5, 0.6) is 0 Å². The molecule has 0 bridgehead atoms. The van der Waals surface area contributed by atoms with Crippen molar-refractivity contribution in [1.82, 2.24) is 4.90 Å². The zero-order valence-electron chi connectivity index (χ0n) is 5.33. The number of carbonyl (C=O) groups is 1. The fourth-order valence-corrected chi connectivity index (χ4v) is 0.641. The maximum absolute atomic E-state index is 10.7. The highest BCUT2D eigenvalue weighted by atomic mass is 16.5. The molecule has 0 aliphatic carbocycles. The first-order valence-electron chi connectivity index (χ1n) is 2.77. The van der Waals surface area contributed by atoms with Crippen molar-refractivity contribution in [3.8, 4) is 0 Å².